The normalized spacial score (nSPS) is 31.2. The quantitative estimate of drug-likeness (QED) is 0.681. The van der Waals surface area contributed by atoms with E-state index in [1.807, 2.05) is 20.8 Å². The maximum Gasteiger partial charge on any atom is 0.312 e. The van der Waals surface area contributed by atoms with Gasteiger partial charge in [-0.05, 0) is 52.4 Å². The fraction of sp³-hybridized carbons (Fsp3) is 0.929. The van der Waals surface area contributed by atoms with Crippen molar-refractivity contribution in [2.75, 3.05) is 0 Å². The molecule has 2 nitrogen and oxygen atoms in total. The Morgan fingerprint density at radius 2 is 2.12 bits per heavy atom. The molecule has 0 aliphatic heterocycles. The molecule has 0 N–H and O–H groups in total. The Balaban J connectivity index is 2.62. The van der Waals surface area contributed by atoms with Crippen molar-refractivity contribution in [3.8, 4) is 0 Å². The lowest BCUT2D eigenvalue weighted by Gasteiger charge is -2.38. The van der Waals surface area contributed by atoms with Crippen LogP contribution in [0.3, 0.4) is 0 Å². The highest BCUT2D eigenvalue weighted by Crippen LogP contribution is 2.36. The Bertz CT molecular complexity index is 257. The lowest BCUT2D eigenvalue weighted by molar-refractivity contribution is -0.173. The molecule has 1 aliphatic carbocycles. The zero-order valence-electron chi connectivity index (χ0n) is 11.4. The molecule has 0 spiro atoms. The first-order chi connectivity index (χ1) is 7.29. The number of carbonyl (C=O) groups excluding carboxylic acids is 1. The monoisotopic (exact) mass is 226 g/mol. The summed E-state index contributed by atoms with van der Waals surface area (Å²) in [7, 11) is 0. The van der Waals surface area contributed by atoms with Crippen molar-refractivity contribution in [1.82, 2.24) is 0 Å². The van der Waals surface area contributed by atoms with Gasteiger partial charge >= 0.3 is 5.97 Å². The summed E-state index contributed by atoms with van der Waals surface area (Å²) in [5.41, 5.74) is -0.565. The van der Waals surface area contributed by atoms with Crippen LogP contribution in [0.4, 0.5) is 0 Å². The summed E-state index contributed by atoms with van der Waals surface area (Å²) in [6.45, 7) is 10.3. The van der Waals surface area contributed by atoms with Gasteiger partial charge in [-0.25, -0.2) is 0 Å². The van der Waals surface area contributed by atoms with Gasteiger partial charge in [-0.2, -0.15) is 0 Å². The second-order valence-electron chi connectivity index (χ2n) is 6.28. The van der Waals surface area contributed by atoms with Crippen molar-refractivity contribution in [2.45, 2.75) is 72.3 Å². The molecular formula is C14H26O2. The number of ether oxygens (including phenoxy) is 1. The highest BCUT2D eigenvalue weighted by atomic mass is 16.6. The lowest BCUT2D eigenvalue weighted by Crippen LogP contribution is -2.40. The highest BCUT2D eigenvalue weighted by molar-refractivity contribution is 5.76. The first-order valence-electron chi connectivity index (χ1n) is 6.52. The van der Waals surface area contributed by atoms with Crippen LogP contribution >= 0.6 is 0 Å². The average Bonchev–Trinajstić information content (AvgIpc) is 2.16. The van der Waals surface area contributed by atoms with Crippen LogP contribution in [0.2, 0.25) is 0 Å². The Labute approximate surface area is 99.8 Å². The number of hydrogen-bond donors (Lipinski definition) is 0. The van der Waals surface area contributed by atoms with Crippen molar-refractivity contribution in [3.05, 3.63) is 0 Å². The van der Waals surface area contributed by atoms with E-state index in [0.29, 0.717) is 5.92 Å². The van der Waals surface area contributed by atoms with E-state index in [-0.39, 0.29) is 17.0 Å². The van der Waals surface area contributed by atoms with E-state index in [4.69, 9.17) is 4.74 Å². The van der Waals surface area contributed by atoms with E-state index in [1.54, 1.807) is 0 Å². The van der Waals surface area contributed by atoms with Gasteiger partial charge in [-0.3, -0.25) is 4.79 Å². The van der Waals surface area contributed by atoms with Crippen LogP contribution in [0.15, 0.2) is 0 Å². The molecule has 1 rings (SSSR count). The second-order valence-corrected chi connectivity index (χ2v) is 6.28. The molecule has 0 aromatic rings. The van der Waals surface area contributed by atoms with E-state index < -0.39 is 0 Å². The van der Waals surface area contributed by atoms with Crippen molar-refractivity contribution >= 4 is 5.97 Å². The number of carbonyl (C=O) groups is 1. The van der Waals surface area contributed by atoms with E-state index in [0.717, 1.165) is 19.3 Å². The Morgan fingerprint density at radius 3 is 2.62 bits per heavy atom. The summed E-state index contributed by atoms with van der Waals surface area (Å²) in [4.78, 5) is 12.1. The van der Waals surface area contributed by atoms with Crippen LogP contribution < -0.4 is 0 Å². The largest absolute Gasteiger partial charge is 0.459 e. The predicted molar refractivity (Wildman–Crippen MR) is 66.2 cm³/mol. The summed E-state index contributed by atoms with van der Waals surface area (Å²) < 4.78 is 5.77. The molecule has 1 aliphatic rings. The minimum atomic E-state index is -0.344. The fourth-order valence-corrected chi connectivity index (χ4v) is 2.36. The topological polar surface area (TPSA) is 26.3 Å². The van der Waals surface area contributed by atoms with Gasteiger partial charge < -0.3 is 4.74 Å². The van der Waals surface area contributed by atoms with Crippen molar-refractivity contribution < 1.29 is 9.53 Å². The second kappa shape index (κ2) is 4.77. The van der Waals surface area contributed by atoms with Gasteiger partial charge in [-0.15, -0.1) is 0 Å². The van der Waals surface area contributed by atoms with Gasteiger partial charge in [-0.1, -0.05) is 20.3 Å². The molecule has 2 heteroatoms. The first kappa shape index (κ1) is 13.5. The molecule has 0 radical (unpaired) electrons. The highest BCUT2D eigenvalue weighted by Gasteiger charge is 2.37. The molecule has 0 aromatic carbocycles. The minimum Gasteiger partial charge on any atom is -0.459 e. The summed E-state index contributed by atoms with van der Waals surface area (Å²) in [6, 6.07) is 0. The third-order valence-corrected chi connectivity index (χ3v) is 3.96. The summed E-state index contributed by atoms with van der Waals surface area (Å²) in [5, 5.41) is 0. The molecule has 2 atom stereocenters. The summed E-state index contributed by atoms with van der Waals surface area (Å²) >= 11 is 0. The standard InChI is InChI=1S/C14H26O2/c1-6-13(3,4)12(15)16-14(5)9-7-8-11(2)10-14/h11H,6-10H2,1-5H3. The molecule has 0 amide bonds. The maximum atomic E-state index is 12.1. The van der Waals surface area contributed by atoms with Gasteiger partial charge in [0.05, 0.1) is 5.41 Å². The SMILES string of the molecule is CCC(C)(C)C(=O)OC1(C)CCCC(C)C1. The molecular weight excluding hydrogens is 200 g/mol. The number of esters is 1. The molecule has 16 heavy (non-hydrogen) atoms. The van der Waals surface area contributed by atoms with Crippen LogP contribution in [-0.2, 0) is 9.53 Å². The number of hydrogen-bond acceptors (Lipinski definition) is 2. The van der Waals surface area contributed by atoms with Crippen molar-refractivity contribution in [1.29, 1.82) is 0 Å². The predicted octanol–water partition coefficient (Wildman–Crippen LogP) is 3.93. The minimum absolute atomic E-state index is 0.0356. The van der Waals surface area contributed by atoms with E-state index in [2.05, 4.69) is 13.8 Å². The third kappa shape index (κ3) is 3.23. The molecule has 1 fully saturated rings. The zero-order chi connectivity index (χ0) is 12.4. The maximum absolute atomic E-state index is 12.1. The Kier molecular flexibility index (Phi) is 4.03. The van der Waals surface area contributed by atoms with Crippen LogP contribution in [-0.4, -0.2) is 11.6 Å². The van der Waals surface area contributed by atoms with Gasteiger partial charge in [0.15, 0.2) is 0 Å². The van der Waals surface area contributed by atoms with Crippen molar-refractivity contribution in [2.24, 2.45) is 11.3 Å². The van der Waals surface area contributed by atoms with Gasteiger partial charge in [0, 0.05) is 0 Å². The van der Waals surface area contributed by atoms with E-state index >= 15 is 0 Å². The molecule has 2 unspecified atom stereocenters. The smallest absolute Gasteiger partial charge is 0.312 e. The molecule has 0 heterocycles. The average molecular weight is 226 g/mol. The third-order valence-electron chi connectivity index (χ3n) is 3.96. The molecule has 94 valence electrons. The first-order valence-corrected chi connectivity index (χ1v) is 6.52. The molecule has 0 bridgehead atoms. The lowest BCUT2D eigenvalue weighted by atomic mass is 9.79. The fourth-order valence-electron chi connectivity index (χ4n) is 2.36. The zero-order valence-corrected chi connectivity index (χ0v) is 11.4. The van der Waals surface area contributed by atoms with Crippen molar-refractivity contribution in [3.63, 3.8) is 0 Å². The van der Waals surface area contributed by atoms with E-state index in [1.165, 1.54) is 12.8 Å². The van der Waals surface area contributed by atoms with Gasteiger partial charge in [0.25, 0.3) is 0 Å². The Hall–Kier alpha value is -0.530. The van der Waals surface area contributed by atoms with Gasteiger partial charge in [0.1, 0.15) is 5.60 Å². The van der Waals surface area contributed by atoms with Gasteiger partial charge in [0.2, 0.25) is 0 Å². The van der Waals surface area contributed by atoms with E-state index in [9.17, 15) is 4.79 Å². The van der Waals surface area contributed by atoms with Crippen LogP contribution in [0.5, 0.6) is 0 Å². The summed E-state index contributed by atoms with van der Waals surface area (Å²) in [6.07, 6.45) is 5.31. The van der Waals surface area contributed by atoms with Crippen LogP contribution in [0.25, 0.3) is 0 Å². The molecule has 1 saturated carbocycles. The molecule has 0 aromatic heterocycles. The summed E-state index contributed by atoms with van der Waals surface area (Å²) in [5.74, 6) is 0.642. The van der Waals surface area contributed by atoms with Crippen LogP contribution in [0.1, 0.15) is 66.7 Å². The van der Waals surface area contributed by atoms with Crippen LogP contribution in [0, 0.1) is 11.3 Å². The Morgan fingerprint density at radius 1 is 1.50 bits per heavy atom. The number of rotatable bonds is 3. The molecule has 0 saturated heterocycles.